The van der Waals surface area contributed by atoms with Crippen LogP contribution < -0.4 is 0 Å². The van der Waals surface area contributed by atoms with Crippen molar-refractivity contribution in [2.75, 3.05) is 6.61 Å². The molecule has 0 aromatic rings. The van der Waals surface area contributed by atoms with E-state index in [-0.39, 0.29) is 11.9 Å². The van der Waals surface area contributed by atoms with Crippen molar-refractivity contribution in [3.05, 3.63) is 12.2 Å². The molecule has 11 heavy (non-hydrogen) atoms. The lowest BCUT2D eigenvalue weighted by molar-refractivity contribution is -0.142. The van der Waals surface area contributed by atoms with Gasteiger partial charge in [-0.25, -0.2) is 0 Å². The topological polar surface area (TPSA) is 26.3 Å². The number of carbonyl (C=O) groups excluding carboxylic acids is 1. The third kappa shape index (κ3) is 0.561. The van der Waals surface area contributed by atoms with Crippen LogP contribution in [-0.2, 0) is 9.53 Å². The first-order valence-corrected chi connectivity index (χ1v) is 4.21. The number of ether oxygens (including phenoxy) is 1. The van der Waals surface area contributed by atoms with Gasteiger partial charge in [-0.15, -0.1) is 0 Å². The van der Waals surface area contributed by atoms with Crippen LogP contribution >= 0.6 is 0 Å². The van der Waals surface area contributed by atoms with Crippen LogP contribution in [0.1, 0.15) is 6.42 Å². The van der Waals surface area contributed by atoms with Crippen LogP contribution in [0.5, 0.6) is 0 Å². The lowest BCUT2D eigenvalue weighted by atomic mass is 9.86. The Hall–Kier alpha value is -0.790. The van der Waals surface area contributed by atoms with Crippen molar-refractivity contribution in [2.24, 2.45) is 23.7 Å². The fourth-order valence-electron chi connectivity index (χ4n) is 2.78. The summed E-state index contributed by atoms with van der Waals surface area (Å²) in [5.74, 6) is 1.96. The van der Waals surface area contributed by atoms with Gasteiger partial charge in [-0.05, 0) is 18.3 Å². The fourth-order valence-corrected chi connectivity index (χ4v) is 2.78. The largest absolute Gasteiger partial charge is 0.465 e. The summed E-state index contributed by atoms with van der Waals surface area (Å²) in [4.78, 5) is 11.2. The Morgan fingerprint density at radius 3 is 3.00 bits per heavy atom. The van der Waals surface area contributed by atoms with Gasteiger partial charge in [0.25, 0.3) is 0 Å². The SMILES string of the molecule is O=C1OC[C@H]2[C@H]1[C@H]1C=C[C@@H]2C1. The maximum absolute atomic E-state index is 11.2. The Labute approximate surface area is 65.2 Å². The molecule has 1 heterocycles. The van der Waals surface area contributed by atoms with E-state index in [1.165, 1.54) is 6.42 Å². The molecule has 1 saturated carbocycles. The van der Waals surface area contributed by atoms with Crippen molar-refractivity contribution < 1.29 is 9.53 Å². The molecule has 4 atom stereocenters. The van der Waals surface area contributed by atoms with E-state index in [0.29, 0.717) is 24.4 Å². The standard InChI is InChI=1S/C9H10O2/c10-9-8-6-2-1-5(3-6)7(8)4-11-9/h1-2,5-8H,3-4H2/t5-,6+,7-,8-/m1/s1. The van der Waals surface area contributed by atoms with E-state index in [2.05, 4.69) is 12.2 Å². The average molecular weight is 150 g/mol. The summed E-state index contributed by atoms with van der Waals surface area (Å²) >= 11 is 0. The van der Waals surface area contributed by atoms with Gasteiger partial charge in [0.2, 0.25) is 0 Å². The maximum atomic E-state index is 11.2. The Morgan fingerprint density at radius 2 is 2.18 bits per heavy atom. The number of rotatable bonds is 0. The predicted molar refractivity (Wildman–Crippen MR) is 38.7 cm³/mol. The molecule has 0 radical (unpaired) electrons. The van der Waals surface area contributed by atoms with Gasteiger partial charge >= 0.3 is 5.97 Å². The molecule has 0 aromatic heterocycles. The predicted octanol–water partition coefficient (Wildman–Crippen LogP) is 0.982. The van der Waals surface area contributed by atoms with E-state index in [1.807, 2.05) is 0 Å². The third-order valence-electron chi connectivity index (χ3n) is 3.31. The highest BCUT2D eigenvalue weighted by Gasteiger charge is 2.52. The second-order valence-electron chi connectivity index (χ2n) is 3.77. The number of hydrogen-bond donors (Lipinski definition) is 0. The van der Waals surface area contributed by atoms with Crippen molar-refractivity contribution in [1.29, 1.82) is 0 Å². The Morgan fingerprint density at radius 1 is 1.36 bits per heavy atom. The molecular formula is C9H10O2. The molecule has 1 aliphatic heterocycles. The number of fused-ring (bicyclic) bond motifs is 5. The molecule has 0 amide bonds. The summed E-state index contributed by atoms with van der Waals surface area (Å²) in [6.45, 7) is 0.676. The van der Waals surface area contributed by atoms with Crippen molar-refractivity contribution in [2.45, 2.75) is 6.42 Å². The maximum Gasteiger partial charge on any atom is 0.309 e. The van der Waals surface area contributed by atoms with Crippen LogP contribution in [-0.4, -0.2) is 12.6 Å². The van der Waals surface area contributed by atoms with Gasteiger partial charge in [0.15, 0.2) is 0 Å². The second-order valence-corrected chi connectivity index (χ2v) is 3.77. The van der Waals surface area contributed by atoms with Gasteiger partial charge in [0.1, 0.15) is 0 Å². The molecule has 2 heteroatoms. The number of hydrogen-bond acceptors (Lipinski definition) is 2. The van der Waals surface area contributed by atoms with Gasteiger partial charge in [0.05, 0.1) is 12.5 Å². The summed E-state index contributed by atoms with van der Waals surface area (Å²) in [5.41, 5.74) is 0. The molecule has 0 aromatic carbocycles. The zero-order valence-electron chi connectivity index (χ0n) is 6.19. The van der Waals surface area contributed by atoms with E-state index < -0.39 is 0 Å². The highest BCUT2D eigenvalue weighted by molar-refractivity contribution is 5.76. The fraction of sp³-hybridized carbons (Fsp3) is 0.667. The number of allylic oxidation sites excluding steroid dienone is 2. The number of cyclic esters (lactones) is 1. The molecule has 2 nitrogen and oxygen atoms in total. The smallest absolute Gasteiger partial charge is 0.309 e. The quantitative estimate of drug-likeness (QED) is 0.380. The van der Waals surface area contributed by atoms with Gasteiger partial charge < -0.3 is 4.74 Å². The molecule has 2 aliphatic carbocycles. The average Bonchev–Trinajstić information content (AvgIpc) is 2.60. The van der Waals surface area contributed by atoms with Crippen molar-refractivity contribution in [1.82, 2.24) is 0 Å². The van der Waals surface area contributed by atoms with Crippen LogP contribution in [0, 0.1) is 23.7 Å². The van der Waals surface area contributed by atoms with Crippen LogP contribution in [0.2, 0.25) is 0 Å². The van der Waals surface area contributed by atoms with Crippen molar-refractivity contribution >= 4 is 5.97 Å². The monoisotopic (exact) mass is 150 g/mol. The zero-order chi connectivity index (χ0) is 7.42. The lowest BCUT2D eigenvalue weighted by Crippen LogP contribution is -2.19. The molecule has 0 N–H and O–H groups in total. The van der Waals surface area contributed by atoms with Crippen molar-refractivity contribution in [3.63, 3.8) is 0 Å². The molecule has 2 bridgehead atoms. The number of esters is 1. The minimum absolute atomic E-state index is 0.0480. The van der Waals surface area contributed by atoms with E-state index in [1.54, 1.807) is 0 Å². The molecule has 0 spiro atoms. The zero-order valence-corrected chi connectivity index (χ0v) is 6.19. The normalized spacial score (nSPS) is 51.5. The third-order valence-corrected chi connectivity index (χ3v) is 3.31. The van der Waals surface area contributed by atoms with Gasteiger partial charge in [-0.1, -0.05) is 12.2 Å². The van der Waals surface area contributed by atoms with Crippen LogP contribution in [0.25, 0.3) is 0 Å². The lowest BCUT2D eigenvalue weighted by Gasteiger charge is -2.14. The van der Waals surface area contributed by atoms with Crippen LogP contribution in [0.3, 0.4) is 0 Å². The molecule has 1 saturated heterocycles. The Bertz CT molecular complexity index is 244. The summed E-state index contributed by atoms with van der Waals surface area (Å²) < 4.78 is 5.02. The first kappa shape index (κ1) is 5.81. The second kappa shape index (κ2) is 1.68. The van der Waals surface area contributed by atoms with E-state index in [9.17, 15) is 4.79 Å². The van der Waals surface area contributed by atoms with E-state index >= 15 is 0 Å². The van der Waals surface area contributed by atoms with Gasteiger partial charge in [0, 0.05) is 5.92 Å². The van der Waals surface area contributed by atoms with Gasteiger partial charge in [-0.3, -0.25) is 4.79 Å². The minimum atomic E-state index is 0.0480. The summed E-state index contributed by atoms with van der Waals surface area (Å²) in [7, 11) is 0. The summed E-state index contributed by atoms with van der Waals surface area (Å²) in [6, 6.07) is 0. The Kier molecular flexibility index (Phi) is 0.888. The van der Waals surface area contributed by atoms with Gasteiger partial charge in [-0.2, -0.15) is 0 Å². The molecule has 0 unspecified atom stereocenters. The van der Waals surface area contributed by atoms with Crippen molar-refractivity contribution in [3.8, 4) is 0 Å². The summed E-state index contributed by atoms with van der Waals surface area (Å²) in [6.07, 6.45) is 5.65. The molecule has 58 valence electrons. The first-order chi connectivity index (χ1) is 5.36. The Balaban J connectivity index is 2.03. The number of carbonyl (C=O) groups is 1. The minimum Gasteiger partial charge on any atom is -0.465 e. The highest BCUT2D eigenvalue weighted by Crippen LogP contribution is 2.50. The molecule has 3 rings (SSSR count). The highest BCUT2D eigenvalue weighted by atomic mass is 16.5. The van der Waals surface area contributed by atoms with Crippen LogP contribution in [0.4, 0.5) is 0 Å². The summed E-state index contributed by atoms with van der Waals surface area (Å²) in [5, 5.41) is 0. The van der Waals surface area contributed by atoms with Crippen LogP contribution in [0.15, 0.2) is 12.2 Å². The van der Waals surface area contributed by atoms with E-state index in [4.69, 9.17) is 4.74 Å². The molecule has 3 aliphatic rings. The molecular weight excluding hydrogens is 140 g/mol. The molecule has 2 fully saturated rings. The van der Waals surface area contributed by atoms with E-state index in [0.717, 1.165) is 0 Å². The first-order valence-electron chi connectivity index (χ1n) is 4.21.